The molecule has 0 unspecified atom stereocenters. The van der Waals surface area contributed by atoms with Crippen LogP contribution in [0.5, 0.6) is 5.75 Å². The molecule has 0 N–H and O–H groups in total. The molecule has 1 nitrogen and oxygen atoms in total. The molecule has 0 fully saturated rings. The maximum Gasteiger partial charge on any atom is 0.124 e. The van der Waals surface area contributed by atoms with Crippen molar-refractivity contribution >= 4 is 0 Å². The Balaban J connectivity index is 1.95. The molecule has 1 aliphatic rings. The number of hydrogen-bond donors (Lipinski definition) is 0. The standard InChI is InChI=1S/C17H18O/c1-2-13-12-17(14-8-4-3-5-9-14)18-16-11-7-6-10-15(13)16/h3-11,13,17H,2,12H2,1H3/t13-,17-/m1/s1. The van der Waals surface area contributed by atoms with E-state index in [0.717, 1.165) is 12.2 Å². The van der Waals surface area contributed by atoms with Crippen LogP contribution in [0.1, 0.15) is 42.9 Å². The third-order valence-electron chi connectivity index (χ3n) is 3.79. The molecule has 2 aromatic rings. The maximum absolute atomic E-state index is 6.15. The normalized spacial score (nSPS) is 22.1. The molecule has 3 rings (SSSR count). The Morgan fingerprint density at radius 1 is 1.00 bits per heavy atom. The second-order valence-corrected chi connectivity index (χ2v) is 4.90. The molecule has 0 spiro atoms. The zero-order valence-electron chi connectivity index (χ0n) is 10.7. The van der Waals surface area contributed by atoms with E-state index in [4.69, 9.17) is 4.74 Å². The van der Waals surface area contributed by atoms with Crippen LogP contribution in [-0.4, -0.2) is 0 Å². The van der Waals surface area contributed by atoms with Gasteiger partial charge in [-0.25, -0.2) is 0 Å². The Bertz CT molecular complexity index is 518. The molecule has 92 valence electrons. The van der Waals surface area contributed by atoms with Crippen LogP contribution in [0.3, 0.4) is 0 Å². The van der Waals surface area contributed by atoms with E-state index in [2.05, 4.69) is 61.5 Å². The largest absolute Gasteiger partial charge is 0.485 e. The number of ether oxygens (including phenoxy) is 1. The Hall–Kier alpha value is -1.76. The van der Waals surface area contributed by atoms with Crippen LogP contribution in [0, 0.1) is 0 Å². The number of rotatable bonds is 2. The molecular weight excluding hydrogens is 220 g/mol. The lowest BCUT2D eigenvalue weighted by Crippen LogP contribution is -2.18. The molecule has 1 heteroatoms. The van der Waals surface area contributed by atoms with E-state index in [1.165, 1.54) is 17.5 Å². The summed E-state index contributed by atoms with van der Waals surface area (Å²) in [5.41, 5.74) is 2.65. The van der Waals surface area contributed by atoms with Crippen molar-refractivity contribution < 1.29 is 4.74 Å². The van der Waals surface area contributed by atoms with Gasteiger partial charge in [0.2, 0.25) is 0 Å². The summed E-state index contributed by atoms with van der Waals surface area (Å²) in [7, 11) is 0. The van der Waals surface area contributed by atoms with Gasteiger partial charge in [0.1, 0.15) is 11.9 Å². The fourth-order valence-corrected chi connectivity index (χ4v) is 2.77. The van der Waals surface area contributed by atoms with Gasteiger partial charge in [0.25, 0.3) is 0 Å². The Labute approximate surface area is 108 Å². The molecule has 18 heavy (non-hydrogen) atoms. The third kappa shape index (κ3) is 2.01. The van der Waals surface area contributed by atoms with Gasteiger partial charge in [-0.3, -0.25) is 0 Å². The van der Waals surface area contributed by atoms with Gasteiger partial charge in [0.15, 0.2) is 0 Å². The van der Waals surface area contributed by atoms with Crippen molar-refractivity contribution in [3.05, 3.63) is 65.7 Å². The van der Waals surface area contributed by atoms with Crippen LogP contribution >= 0.6 is 0 Å². The van der Waals surface area contributed by atoms with E-state index in [-0.39, 0.29) is 6.10 Å². The molecule has 0 radical (unpaired) electrons. The highest BCUT2D eigenvalue weighted by Gasteiger charge is 2.27. The monoisotopic (exact) mass is 238 g/mol. The molecule has 0 saturated carbocycles. The van der Waals surface area contributed by atoms with Crippen LogP contribution in [0.2, 0.25) is 0 Å². The molecular formula is C17H18O. The number of fused-ring (bicyclic) bond motifs is 1. The van der Waals surface area contributed by atoms with E-state index in [1.54, 1.807) is 0 Å². The zero-order chi connectivity index (χ0) is 12.4. The van der Waals surface area contributed by atoms with Gasteiger partial charge in [-0.05, 0) is 36.0 Å². The van der Waals surface area contributed by atoms with Gasteiger partial charge >= 0.3 is 0 Å². The van der Waals surface area contributed by atoms with Crippen LogP contribution in [0.4, 0.5) is 0 Å². The fourth-order valence-electron chi connectivity index (χ4n) is 2.77. The third-order valence-corrected chi connectivity index (χ3v) is 3.79. The van der Waals surface area contributed by atoms with Gasteiger partial charge in [0.05, 0.1) is 0 Å². The first-order valence-electron chi connectivity index (χ1n) is 6.69. The molecule has 2 atom stereocenters. The highest BCUT2D eigenvalue weighted by Crippen LogP contribution is 2.43. The highest BCUT2D eigenvalue weighted by atomic mass is 16.5. The van der Waals surface area contributed by atoms with Gasteiger partial charge in [0, 0.05) is 0 Å². The van der Waals surface area contributed by atoms with Crippen molar-refractivity contribution in [1.82, 2.24) is 0 Å². The van der Waals surface area contributed by atoms with Gasteiger partial charge in [-0.15, -0.1) is 0 Å². The molecule has 0 aromatic heterocycles. The van der Waals surface area contributed by atoms with Crippen LogP contribution in [-0.2, 0) is 0 Å². The quantitative estimate of drug-likeness (QED) is 0.736. The minimum absolute atomic E-state index is 0.200. The SMILES string of the molecule is CC[C@@H]1C[C@H](c2ccccc2)Oc2ccccc21. The Morgan fingerprint density at radius 2 is 1.72 bits per heavy atom. The summed E-state index contributed by atoms with van der Waals surface area (Å²) in [6, 6.07) is 19.0. The van der Waals surface area contributed by atoms with Crippen molar-refractivity contribution in [2.45, 2.75) is 31.8 Å². The fraction of sp³-hybridized carbons (Fsp3) is 0.294. The average Bonchev–Trinajstić information content (AvgIpc) is 2.47. The second kappa shape index (κ2) is 4.85. The molecule has 0 bridgehead atoms. The van der Waals surface area contributed by atoms with Gasteiger partial charge < -0.3 is 4.74 Å². The van der Waals surface area contributed by atoms with Crippen molar-refractivity contribution in [3.63, 3.8) is 0 Å². The highest BCUT2D eigenvalue weighted by molar-refractivity contribution is 5.39. The first kappa shape index (κ1) is 11.3. The second-order valence-electron chi connectivity index (χ2n) is 4.90. The Morgan fingerprint density at radius 3 is 2.50 bits per heavy atom. The summed E-state index contributed by atoms with van der Waals surface area (Å²) in [6.07, 6.45) is 2.45. The predicted molar refractivity (Wildman–Crippen MR) is 73.9 cm³/mol. The summed E-state index contributed by atoms with van der Waals surface area (Å²) in [5, 5.41) is 0. The molecule has 2 aromatic carbocycles. The summed E-state index contributed by atoms with van der Waals surface area (Å²) < 4.78 is 6.15. The van der Waals surface area contributed by atoms with E-state index < -0.39 is 0 Å². The lowest BCUT2D eigenvalue weighted by molar-refractivity contribution is 0.159. The van der Waals surface area contributed by atoms with Gasteiger partial charge in [-0.1, -0.05) is 55.5 Å². The number of benzene rings is 2. The van der Waals surface area contributed by atoms with E-state index in [0.29, 0.717) is 5.92 Å². The van der Waals surface area contributed by atoms with E-state index in [1.807, 2.05) is 0 Å². The summed E-state index contributed by atoms with van der Waals surface area (Å²) in [5.74, 6) is 1.67. The summed E-state index contributed by atoms with van der Waals surface area (Å²) >= 11 is 0. The van der Waals surface area contributed by atoms with Crippen molar-refractivity contribution in [1.29, 1.82) is 0 Å². The first-order valence-corrected chi connectivity index (χ1v) is 6.69. The molecule has 1 aliphatic heterocycles. The first-order chi connectivity index (χ1) is 8.88. The minimum atomic E-state index is 0.200. The van der Waals surface area contributed by atoms with Crippen LogP contribution < -0.4 is 4.74 Å². The van der Waals surface area contributed by atoms with Gasteiger partial charge in [-0.2, -0.15) is 0 Å². The number of hydrogen-bond acceptors (Lipinski definition) is 1. The molecule has 1 heterocycles. The number of para-hydroxylation sites is 1. The van der Waals surface area contributed by atoms with E-state index >= 15 is 0 Å². The van der Waals surface area contributed by atoms with E-state index in [9.17, 15) is 0 Å². The van der Waals surface area contributed by atoms with Crippen molar-refractivity contribution in [2.75, 3.05) is 0 Å². The lowest BCUT2D eigenvalue weighted by atomic mass is 9.86. The lowest BCUT2D eigenvalue weighted by Gasteiger charge is -2.32. The Kier molecular flexibility index (Phi) is 3.06. The van der Waals surface area contributed by atoms with Crippen LogP contribution in [0.25, 0.3) is 0 Å². The average molecular weight is 238 g/mol. The summed E-state index contributed by atoms with van der Waals surface area (Å²) in [4.78, 5) is 0. The molecule has 0 amide bonds. The summed E-state index contributed by atoms with van der Waals surface area (Å²) in [6.45, 7) is 2.26. The van der Waals surface area contributed by atoms with Crippen molar-refractivity contribution in [2.24, 2.45) is 0 Å². The van der Waals surface area contributed by atoms with Crippen LogP contribution in [0.15, 0.2) is 54.6 Å². The maximum atomic E-state index is 6.15. The minimum Gasteiger partial charge on any atom is -0.485 e. The molecule has 0 saturated heterocycles. The topological polar surface area (TPSA) is 9.23 Å². The van der Waals surface area contributed by atoms with Crippen molar-refractivity contribution in [3.8, 4) is 5.75 Å². The molecule has 0 aliphatic carbocycles. The zero-order valence-corrected chi connectivity index (χ0v) is 10.7. The predicted octanol–water partition coefficient (Wildman–Crippen LogP) is 4.70. The smallest absolute Gasteiger partial charge is 0.124 e.